The van der Waals surface area contributed by atoms with Gasteiger partial charge in [-0.05, 0) is 48.8 Å². The molecule has 2 rings (SSSR count). The molecule has 7 heteroatoms. The largest absolute Gasteiger partial charge is 0.504 e. The number of nitrogens with zero attached hydrogens (tertiary/aromatic N) is 1. The van der Waals surface area contributed by atoms with Crippen molar-refractivity contribution < 1.29 is 14.6 Å². The van der Waals surface area contributed by atoms with Gasteiger partial charge in [0, 0.05) is 13.2 Å². The van der Waals surface area contributed by atoms with E-state index < -0.39 is 0 Å². The monoisotopic (exact) mass is 309 g/mol. The van der Waals surface area contributed by atoms with E-state index in [0.717, 1.165) is 25.0 Å². The van der Waals surface area contributed by atoms with E-state index in [0.29, 0.717) is 17.4 Å². The van der Waals surface area contributed by atoms with Crippen molar-refractivity contribution >= 4 is 23.5 Å². The minimum absolute atomic E-state index is 0.0699. The van der Waals surface area contributed by atoms with Gasteiger partial charge in [-0.3, -0.25) is 5.43 Å². The highest BCUT2D eigenvalue weighted by Gasteiger charge is 2.14. The Kier molecular flexibility index (Phi) is 5.77. The second-order valence-electron chi connectivity index (χ2n) is 4.65. The van der Waals surface area contributed by atoms with Gasteiger partial charge in [-0.1, -0.05) is 0 Å². The van der Waals surface area contributed by atoms with Gasteiger partial charge in [-0.15, -0.1) is 0 Å². The molecule has 0 amide bonds. The van der Waals surface area contributed by atoms with Crippen LogP contribution < -0.4 is 15.5 Å². The Morgan fingerprint density at radius 3 is 3.14 bits per heavy atom. The highest BCUT2D eigenvalue weighted by Crippen LogP contribution is 2.25. The maximum Gasteiger partial charge on any atom is 0.187 e. The standard InChI is InChI=1S/C14H19N3O3S/c1-19-13-5-4-10(7-12(13)18)8-16-17-14(21)15-9-11-3-2-6-20-11/h4-5,7-8,11,18H,2-3,6,9H2,1H3,(H2,15,17,21)/b16-8+. The van der Waals surface area contributed by atoms with Gasteiger partial charge in [0.15, 0.2) is 16.6 Å². The molecule has 1 unspecified atom stereocenters. The van der Waals surface area contributed by atoms with Crippen molar-refractivity contribution in [1.29, 1.82) is 0 Å². The molecule has 3 N–H and O–H groups in total. The normalized spacial score (nSPS) is 17.9. The molecule has 21 heavy (non-hydrogen) atoms. The zero-order valence-electron chi connectivity index (χ0n) is 11.8. The molecule has 1 fully saturated rings. The number of phenols is 1. The lowest BCUT2D eigenvalue weighted by Crippen LogP contribution is -2.37. The molecule has 1 aromatic carbocycles. The summed E-state index contributed by atoms with van der Waals surface area (Å²) in [7, 11) is 1.50. The smallest absolute Gasteiger partial charge is 0.187 e. The van der Waals surface area contributed by atoms with Crippen molar-refractivity contribution in [3.63, 3.8) is 0 Å². The summed E-state index contributed by atoms with van der Waals surface area (Å²) in [6.07, 6.45) is 3.96. The van der Waals surface area contributed by atoms with Crippen molar-refractivity contribution in [3.05, 3.63) is 23.8 Å². The molecule has 1 aliphatic heterocycles. The van der Waals surface area contributed by atoms with Crippen LogP contribution >= 0.6 is 12.2 Å². The third kappa shape index (κ3) is 4.87. The fraction of sp³-hybridized carbons (Fsp3) is 0.429. The summed E-state index contributed by atoms with van der Waals surface area (Å²) in [6, 6.07) is 5.02. The van der Waals surface area contributed by atoms with Crippen LogP contribution in [0.4, 0.5) is 0 Å². The Morgan fingerprint density at radius 2 is 2.48 bits per heavy atom. The number of nitrogens with one attached hydrogen (secondary N) is 2. The number of thiocarbonyl (C=S) groups is 1. The summed E-state index contributed by atoms with van der Waals surface area (Å²) in [4.78, 5) is 0. The first-order valence-electron chi connectivity index (χ1n) is 6.74. The molecular weight excluding hydrogens is 290 g/mol. The number of hydrazone groups is 1. The molecule has 1 aromatic rings. The average Bonchev–Trinajstić information content (AvgIpc) is 2.99. The molecule has 1 saturated heterocycles. The van der Waals surface area contributed by atoms with Crippen molar-refractivity contribution in [3.8, 4) is 11.5 Å². The molecule has 0 aromatic heterocycles. The summed E-state index contributed by atoms with van der Waals surface area (Å²) in [5.74, 6) is 0.495. The third-order valence-electron chi connectivity index (χ3n) is 3.10. The number of methoxy groups -OCH3 is 1. The van der Waals surface area contributed by atoms with Crippen LogP contribution in [0.25, 0.3) is 0 Å². The average molecular weight is 309 g/mol. The number of benzene rings is 1. The molecule has 1 heterocycles. The van der Waals surface area contributed by atoms with E-state index in [1.165, 1.54) is 7.11 Å². The lowest BCUT2D eigenvalue weighted by atomic mass is 10.2. The highest BCUT2D eigenvalue weighted by molar-refractivity contribution is 7.80. The predicted octanol–water partition coefficient (Wildman–Crippen LogP) is 1.38. The quantitative estimate of drug-likeness (QED) is 0.433. The third-order valence-corrected chi connectivity index (χ3v) is 3.33. The Balaban J connectivity index is 1.76. The Labute approximate surface area is 129 Å². The summed E-state index contributed by atoms with van der Waals surface area (Å²) >= 11 is 5.11. The fourth-order valence-corrected chi connectivity index (χ4v) is 2.14. The fourth-order valence-electron chi connectivity index (χ4n) is 2.00. The van der Waals surface area contributed by atoms with E-state index in [1.54, 1.807) is 24.4 Å². The maximum atomic E-state index is 9.65. The van der Waals surface area contributed by atoms with Crippen LogP contribution in [0, 0.1) is 0 Å². The molecule has 0 aliphatic carbocycles. The highest BCUT2D eigenvalue weighted by atomic mass is 32.1. The van der Waals surface area contributed by atoms with Crippen LogP contribution in [0.3, 0.4) is 0 Å². The van der Waals surface area contributed by atoms with E-state index in [4.69, 9.17) is 21.7 Å². The van der Waals surface area contributed by atoms with Crippen molar-refractivity contribution in [2.75, 3.05) is 20.3 Å². The molecule has 1 atom stereocenters. The number of ether oxygens (including phenoxy) is 2. The van der Waals surface area contributed by atoms with Gasteiger partial charge in [-0.25, -0.2) is 0 Å². The SMILES string of the molecule is COc1ccc(/C=N/NC(=S)NCC2CCCO2)cc1O. The van der Waals surface area contributed by atoms with Gasteiger partial charge in [0.05, 0.1) is 19.4 Å². The lowest BCUT2D eigenvalue weighted by Gasteiger charge is -2.11. The van der Waals surface area contributed by atoms with Gasteiger partial charge in [0.1, 0.15) is 0 Å². The zero-order valence-corrected chi connectivity index (χ0v) is 12.7. The van der Waals surface area contributed by atoms with E-state index in [1.807, 2.05) is 0 Å². The van der Waals surface area contributed by atoms with Crippen LogP contribution in [0.5, 0.6) is 11.5 Å². The van der Waals surface area contributed by atoms with Crippen molar-refractivity contribution in [2.45, 2.75) is 18.9 Å². The van der Waals surface area contributed by atoms with Gasteiger partial charge in [-0.2, -0.15) is 5.10 Å². The first kappa shape index (κ1) is 15.5. The molecule has 6 nitrogen and oxygen atoms in total. The molecule has 0 bridgehead atoms. The lowest BCUT2D eigenvalue weighted by molar-refractivity contribution is 0.114. The minimum Gasteiger partial charge on any atom is -0.504 e. The number of hydrogen-bond acceptors (Lipinski definition) is 5. The van der Waals surface area contributed by atoms with Crippen molar-refractivity contribution in [1.82, 2.24) is 10.7 Å². The number of hydrogen-bond donors (Lipinski definition) is 3. The van der Waals surface area contributed by atoms with Gasteiger partial charge in [0.2, 0.25) is 0 Å². The molecule has 0 saturated carbocycles. The summed E-state index contributed by atoms with van der Waals surface area (Å²) in [6.45, 7) is 1.51. The Bertz CT molecular complexity index is 516. The first-order chi connectivity index (χ1) is 10.2. The number of phenolic OH excluding ortho intramolecular Hbond substituents is 1. The second kappa shape index (κ2) is 7.80. The van der Waals surface area contributed by atoms with Crippen LogP contribution in [0.15, 0.2) is 23.3 Å². The zero-order chi connectivity index (χ0) is 15.1. The van der Waals surface area contributed by atoms with Gasteiger partial charge in [0.25, 0.3) is 0 Å². The van der Waals surface area contributed by atoms with E-state index in [-0.39, 0.29) is 11.9 Å². The Hall–Kier alpha value is -1.86. The first-order valence-corrected chi connectivity index (χ1v) is 7.15. The molecule has 0 radical (unpaired) electrons. The number of rotatable bonds is 5. The van der Waals surface area contributed by atoms with Crippen LogP contribution in [-0.2, 0) is 4.74 Å². The summed E-state index contributed by atoms with van der Waals surface area (Å²) in [5, 5.41) is 17.2. The van der Waals surface area contributed by atoms with Crippen LogP contribution in [0.1, 0.15) is 18.4 Å². The topological polar surface area (TPSA) is 75.1 Å². The summed E-state index contributed by atoms with van der Waals surface area (Å²) < 4.78 is 10.5. The molecule has 1 aliphatic rings. The van der Waals surface area contributed by atoms with E-state index >= 15 is 0 Å². The van der Waals surface area contributed by atoms with Crippen molar-refractivity contribution in [2.24, 2.45) is 5.10 Å². The maximum absolute atomic E-state index is 9.65. The Morgan fingerprint density at radius 1 is 1.62 bits per heavy atom. The van der Waals surface area contributed by atoms with Gasteiger partial charge < -0.3 is 19.9 Å². The molecule has 0 spiro atoms. The minimum atomic E-state index is 0.0699. The van der Waals surface area contributed by atoms with Crippen LogP contribution in [0.2, 0.25) is 0 Å². The predicted molar refractivity (Wildman–Crippen MR) is 85.0 cm³/mol. The van der Waals surface area contributed by atoms with E-state index in [2.05, 4.69) is 15.8 Å². The molecule has 114 valence electrons. The summed E-state index contributed by atoms with van der Waals surface area (Å²) in [5.41, 5.74) is 3.46. The molecular formula is C14H19N3O3S. The van der Waals surface area contributed by atoms with Crippen LogP contribution in [-0.4, -0.2) is 42.8 Å². The van der Waals surface area contributed by atoms with E-state index in [9.17, 15) is 5.11 Å². The second-order valence-corrected chi connectivity index (χ2v) is 5.05. The number of aromatic hydroxyl groups is 1. The van der Waals surface area contributed by atoms with Gasteiger partial charge >= 0.3 is 0 Å².